The zero-order valence-electron chi connectivity index (χ0n) is 23.6. The highest BCUT2D eigenvalue weighted by atomic mass is 35.5. The van der Waals surface area contributed by atoms with Crippen molar-refractivity contribution in [1.29, 1.82) is 0 Å². The Balaban J connectivity index is 1.20. The fourth-order valence-corrected chi connectivity index (χ4v) is 6.74. The number of nitrogens with one attached hydrogen (secondary N) is 3. The molecule has 5 rings (SSSR count). The first-order valence-electron chi connectivity index (χ1n) is 14.5. The number of rotatable bonds is 9. The lowest BCUT2D eigenvalue weighted by Gasteiger charge is -2.32. The summed E-state index contributed by atoms with van der Waals surface area (Å²) >= 11 is 6.08. The molecule has 3 N–H and O–H groups in total. The van der Waals surface area contributed by atoms with E-state index in [0.717, 1.165) is 66.7 Å². The van der Waals surface area contributed by atoms with E-state index in [9.17, 15) is 22.8 Å². The van der Waals surface area contributed by atoms with E-state index < -0.39 is 24.0 Å². The minimum atomic E-state index is -4.49. The van der Waals surface area contributed by atoms with E-state index in [4.69, 9.17) is 11.6 Å². The predicted molar refractivity (Wildman–Crippen MR) is 158 cm³/mol. The summed E-state index contributed by atoms with van der Waals surface area (Å²) < 4.78 is 39.3. The number of aryl methyl sites for hydroxylation is 1. The molecule has 0 spiro atoms. The summed E-state index contributed by atoms with van der Waals surface area (Å²) in [6, 6.07) is 20.5. The van der Waals surface area contributed by atoms with E-state index in [-0.39, 0.29) is 11.9 Å². The van der Waals surface area contributed by atoms with Crippen molar-refractivity contribution < 1.29 is 27.7 Å². The van der Waals surface area contributed by atoms with Gasteiger partial charge in [-0.3, -0.25) is 9.59 Å². The summed E-state index contributed by atoms with van der Waals surface area (Å²) in [7, 11) is 0. The fourth-order valence-electron chi connectivity index (χ4n) is 6.57. The van der Waals surface area contributed by atoms with Gasteiger partial charge >= 0.3 is 6.18 Å². The van der Waals surface area contributed by atoms with Crippen molar-refractivity contribution in [2.24, 2.45) is 0 Å². The maximum Gasteiger partial charge on any atom is 0.405 e. The van der Waals surface area contributed by atoms with Crippen LogP contribution in [0, 0.1) is 6.92 Å². The van der Waals surface area contributed by atoms with E-state index in [0.29, 0.717) is 23.4 Å². The molecule has 0 atom stereocenters. The minimum Gasteiger partial charge on any atom is -0.349 e. The Morgan fingerprint density at radius 2 is 1.57 bits per heavy atom. The Labute approximate surface area is 249 Å². The quantitative estimate of drug-likeness (QED) is 0.295. The third-order valence-electron chi connectivity index (χ3n) is 8.71. The van der Waals surface area contributed by atoms with Crippen LogP contribution in [0.1, 0.15) is 59.2 Å². The number of fused-ring (bicyclic) bond motifs is 3. The molecule has 222 valence electrons. The molecule has 3 aromatic rings. The van der Waals surface area contributed by atoms with Crippen LogP contribution in [-0.4, -0.2) is 50.2 Å². The second kappa shape index (κ2) is 12.5. The van der Waals surface area contributed by atoms with Gasteiger partial charge < -0.3 is 15.5 Å². The van der Waals surface area contributed by atoms with Crippen molar-refractivity contribution in [1.82, 2.24) is 10.6 Å². The van der Waals surface area contributed by atoms with Crippen LogP contribution in [-0.2, 0) is 10.2 Å². The number of hydrogen-bond donors (Lipinski definition) is 3. The van der Waals surface area contributed by atoms with Gasteiger partial charge in [-0.05, 0) is 66.1 Å². The molecule has 0 saturated carbocycles. The Morgan fingerprint density at radius 3 is 2.19 bits per heavy atom. The highest BCUT2D eigenvalue weighted by molar-refractivity contribution is 6.31. The molecular weight excluding hydrogens is 563 g/mol. The molecule has 9 heteroatoms. The van der Waals surface area contributed by atoms with Gasteiger partial charge in [0.15, 0.2) is 0 Å². The number of amides is 2. The molecule has 0 bridgehead atoms. The number of unbranched alkanes of at least 4 members (excludes halogenated alkanes) is 1. The van der Waals surface area contributed by atoms with Gasteiger partial charge in [0.1, 0.15) is 12.0 Å². The summed E-state index contributed by atoms with van der Waals surface area (Å²) in [6.07, 6.45) is -0.797. The normalized spacial score (nSPS) is 19.1. The Bertz CT molecular complexity index is 1400. The van der Waals surface area contributed by atoms with Crippen molar-refractivity contribution in [2.75, 3.05) is 26.2 Å². The second-order valence-corrected chi connectivity index (χ2v) is 11.9. The molecule has 1 aliphatic heterocycles. The zero-order chi connectivity index (χ0) is 29.9. The number of carbonyl (C=O) groups is 2. The largest absolute Gasteiger partial charge is 0.405 e. The van der Waals surface area contributed by atoms with Crippen LogP contribution in [0.15, 0.2) is 66.7 Å². The maximum absolute atomic E-state index is 13.6. The lowest BCUT2D eigenvalue weighted by molar-refractivity contribution is -0.905. The van der Waals surface area contributed by atoms with Crippen molar-refractivity contribution >= 4 is 23.4 Å². The van der Waals surface area contributed by atoms with Gasteiger partial charge in [0.2, 0.25) is 5.91 Å². The number of likely N-dealkylation sites (tertiary alicyclic amines) is 1. The zero-order valence-corrected chi connectivity index (χ0v) is 24.4. The molecular formula is C33H36ClF3N3O2+. The van der Waals surface area contributed by atoms with Gasteiger partial charge in [0.25, 0.3) is 5.91 Å². The summed E-state index contributed by atoms with van der Waals surface area (Å²) in [6.45, 7) is 3.28. The fraction of sp³-hybridized carbons (Fsp3) is 0.394. The number of halogens is 4. The standard InChI is InChI=1S/C33H35ClF3N3O2/c1-22-12-13-23(34)20-27(22)30(41)39-24-14-18-40(19-15-24)17-7-6-16-32(31(42)38-21-33(35,36)37)28-10-4-2-8-25(28)26-9-3-5-11-29(26)32/h2-5,8-13,20,24H,6-7,14-19,21H2,1H3,(H,38,42)(H,39,41)/p+1. The van der Waals surface area contributed by atoms with Crippen molar-refractivity contribution in [3.05, 3.63) is 94.0 Å². The molecule has 2 amide bonds. The monoisotopic (exact) mass is 598 g/mol. The number of benzene rings is 3. The summed E-state index contributed by atoms with van der Waals surface area (Å²) in [5, 5.41) is 5.89. The Morgan fingerprint density at radius 1 is 0.952 bits per heavy atom. The van der Waals surface area contributed by atoms with Gasteiger partial charge in [0.05, 0.1) is 19.6 Å². The van der Waals surface area contributed by atoms with Crippen LogP contribution < -0.4 is 15.5 Å². The smallest absolute Gasteiger partial charge is 0.349 e. The molecule has 0 unspecified atom stereocenters. The number of hydrogen-bond acceptors (Lipinski definition) is 2. The third kappa shape index (κ3) is 6.35. The summed E-state index contributed by atoms with van der Waals surface area (Å²) in [4.78, 5) is 27.9. The van der Waals surface area contributed by atoms with Gasteiger partial charge in [0, 0.05) is 29.5 Å². The van der Waals surface area contributed by atoms with Crippen molar-refractivity contribution in [3.8, 4) is 11.1 Å². The third-order valence-corrected chi connectivity index (χ3v) is 8.94. The lowest BCUT2D eigenvalue weighted by Crippen LogP contribution is -3.13. The molecule has 1 heterocycles. The molecule has 3 aromatic carbocycles. The van der Waals surface area contributed by atoms with E-state index in [2.05, 4.69) is 10.6 Å². The van der Waals surface area contributed by atoms with Crippen molar-refractivity contribution in [3.63, 3.8) is 0 Å². The van der Waals surface area contributed by atoms with Crippen LogP contribution in [0.2, 0.25) is 5.02 Å². The van der Waals surface area contributed by atoms with Gasteiger partial charge in [-0.2, -0.15) is 13.2 Å². The molecule has 0 radical (unpaired) electrons. The number of quaternary nitrogens is 1. The molecule has 1 saturated heterocycles. The van der Waals surface area contributed by atoms with Gasteiger partial charge in [-0.25, -0.2) is 0 Å². The molecule has 42 heavy (non-hydrogen) atoms. The minimum absolute atomic E-state index is 0.102. The summed E-state index contributed by atoms with van der Waals surface area (Å²) in [5.41, 5.74) is 3.66. The second-order valence-electron chi connectivity index (χ2n) is 11.5. The van der Waals surface area contributed by atoms with Crippen LogP contribution in [0.25, 0.3) is 11.1 Å². The first-order chi connectivity index (χ1) is 20.1. The van der Waals surface area contributed by atoms with Gasteiger partial charge in [-0.15, -0.1) is 0 Å². The van der Waals surface area contributed by atoms with Crippen LogP contribution in [0.4, 0.5) is 13.2 Å². The first kappa shape index (κ1) is 30.1. The van der Waals surface area contributed by atoms with E-state index in [1.54, 1.807) is 12.1 Å². The number of piperidine rings is 1. The molecule has 0 aromatic heterocycles. The molecule has 1 aliphatic carbocycles. The average Bonchev–Trinajstić information content (AvgIpc) is 3.26. The van der Waals surface area contributed by atoms with Crippen LogP contribution >= 0.6 is 11.6 Å². The number of alkyl halides is 3. The highest BCUT2D eigenvalue weighted by Crippen LogP contribution is 2.51. The maximum atomic E-state index is 13.6. The molecule has 2 aliphatic rings. The first-order valence-corrected chi connectivity index (χ1v) is 14.9. The van der Waals surface area contributed by atoms with E-state index in [1.807, 2.05) is 61.5 Å². The molecule has 5 nitrogen and oxygen atoms in total. The Hall–Kier alpha value is -3.36. The highest BCUT2D eigenvalue weighted by Gasteiger charge is 2.49. The Kier molecular flexibility index (Phi) is 8.94. The van der Waals surface area contributed by atoms with E-state index >= 15 is 0 Å². The number of carbonyl (C=O) groups excluding carboxylic acids is 2. The van der Waals surface area contributed by atoms with Crippen LogP contribution in [0.5, 0.6) is 0 Å². The lowest BCUT2D eigenvalue weighted by atomic mass is 9.73. The SMILES string of the molecule is Cc1ccc(Cl)cc1C(=O)NC1CC[NH+](CCCCC2(C(=O)NCC(F)(F)F)c3ccccc3-c3ccccc32)CC1. The topological polar surface area (TPSA) is 62.6 Å². The molecule has 1 fully saturated rings. The average molecular weight is 599 g/mol. The van der Waals surface area contributed by atoms with E-state index in [1.165, 1.54) is 4.90 Å². The van der Waals surface area contributed by atoms with Gasteiger partial charge in [-0.1, -0.05) is 66.2 Å². The van der Waals surface area contributed by atoms with Crippen molar-refractivity contribution in [2.45, 2.75) is 56.7 Å². The predicted octanol–water partition coefficient (Wildman–Crippen LogP) is 5.24. The van der Waals surface area contributed by atoms with Crippen LogP contribution in [0.3, 0.4) is 0 Å². The summed E-state index contributed by atoms with van der Waals surface area (Å²) in [5.74, 6) is -0.703.